The largest absolute Gasteiger partial charge is 0.297 e. The first kappa shape index (κ1) is 12.9. The van der Waals surface area contributed by atoms with E-state index in [1.807, 2.05) is 0 Å². The van der Waals surface area contributed by atoms with E-state index in [2.05, 4.69) is 4.98 Å². The molecule has 0 saturated carbocycles. The number of aromatic nitrogens is 1. The molecule has 0 saturated heterocycles. The summed E-state index contributed by atoms with van der Waals surface area (Å²) in [6.07, 6.45) is -3.23. The lowest BCUT2D eigenvalue weighted by Gasteiger charge is -2.03. The first-order valence-corrected chi connectivity index (χ1v) is 4.33. The van der Waals surface area contributed by atoms with Gasteiger partial charge in [-0.15, -0.1) is 0 Å². The van der Waals surface area contributed by atoms with Gasteiger partial charge in [0.2, 0.25) is 0 Å². The molecule has 17 heavy (non-hydrogen) atoms. The third-order valence-corrected chi connectivity index (χ3v) is 1.96. The van der Waals surface area contributed by atoms with Gasteiger partial charge >= 0.3 is 0 Å². The van der Waals surface area contributed by atoms with E-state index in [0.29, 0.717) is 6.07 Å². The number of carbonyl (C=O) groups is 1. The second kappa shape index (κ2) is 4.80. The van der Waals surface area contributed by atoms with Crippen LogP contribution in [0.1, 0.15) is 28.2 Å². The molecule has 0 amide bonds. The van der Waals surface area contributed by atoms with Crippen molar-refractivity contribution in [2.75, 3.05) is 0 Å². The zero-order chi connectivity index (χ0) is 13.2. The summed E-state index contributed by atoms with van der Waals surface area (Å²) in [6, 6.07) is 1.88. The molecule has 1 aromatic heterocycles. The number of hydrogen-bond acceptors (Lipinski definition) is 5. The quantitative estimate of drug-likeness (QED) is 0.472. The Kier molecular flexibility index (Phi) is 3.65. The van der Waals surface area contributed by atoms with Crippen molar-refractivity contribution in [1.82, 2.24) is 4.98 Å². The Morgan fingerprint density at radius 3 is 2.59 bits per heavy atom. The molecule has 0 N–H and O–H groups in total. The zero-order valence-corrected chi connectivity index (χ0v) is 8.61. The van der Waals surface area contributed by atoms with Crippen LogP contribution in [-0.2, 0) is 0 Å². The Morgan fingerprint density at radius 1 is 1.65 bits per heavy atom. The summed E-state index contributed by atoms with van der Waals surface area (Å²) in [5.74, 6) is 0. The topological polar surface area (TPSA) is 96.9 Å². The molecule has 1 heterocycles. The third kappa shape index (κ3) is 2.51. The van der Waals surface area contributed by atoms with E-state index in [1.165, 1.54) is 6.07 Å². The molecule has 0 spiro atoms. The molecule has 1 rings (SSSR count). The van der Waals surface area contributed by atoms with Crippen LogP contribution in [0.25, 0.3) is 0 Å². The van der Waals surface area contributed by atoms with Gasteiger partial charge in [0.1, 0.15) is 6.07 Å². The average Bonchev–Trinajstić information content (AvgIpc) is 2.26. The van der Waals surface area contributed by atoms with Crippen molar-refractivity contribution in [3.63, 3.8) is 0 Å². The van der Waals surface area contributed by atoms with Crippen LogP contribution in [0.5, 0.6) is 0 Å². The van der Waals surface area contributed by atoms with Crippen LogP contribution in [0.15, 0.2) is 6.07 Å². The molecular weight excluding hydrogens is 260 g/mol. The van der Waals surface area contributed by atoms with Crippen molar-refractivity contribution in [2.24, 2.45) is 0 Å². The maximum absolute atomic E-state index is 12.4. The number of nitriles is 1. The molecule has 0 aromatic carbocycles. The summed E-state index contributed by atoms with van der Waals surface area (Å²) in [6.45, 7) is 0. The Bertz CT molecular complexity index is 542. The summed E-state index contributed by atoms with van der Waals surface area (Å²) >= 11 is 5.06. The fourth-order valence-electron chi connectivity index (χ4n) is 1.06. The normalized spacial score (nSPS) is 10.1. The predicted octanol–water partition coefficient (Wildman–Crippen LogP) is 2.18. The predicted molar refractivity (Wildman–Crippen MR) is 50.7 cm³/mol. The number of nitro groups is 1. The lowest BCUT2D eigenvalue weighted by atomic mass is 10.1. The molecule has 9 heteroatoms. The van der Waals surface area contributed by atoms with E-state index in [-0.39, 0.29) is 0 Å². The number of pyridine rings is 1. The number of hydrogen-bond donors (Lipinski definition) is 0. The standard InChI is InChI=1S/C8H2ClF2N3O3/c9-7(15)3-1-5(14(16)17)6(8(10)11)13-4(3)2-12/h1,8H. The van der Waals surface area contributed by atoms with Gasteiger partial charge in [-0.05, 0) is 11.6 Å². The second-order valence-electron chi connectivity index (χ2n) is 2.73. The van der Waals surface area contributed by atoms with Crippen LogP contribution in [0, 0.1) is 21.4 Å². The minimum atomic E-state index is -3.23. The lowest BCUT2D eigenvalue weighted by Crippen LogP contribution is -2.06. The highest BCUT2D eigenvalue weighted by molar-refractivity contribution is 6.68. The molecule has 0 unspecified atom stereocenters. The van der Waals surface area contributed by atoms with Gasteiger partial charge in [0.05, 0.1) is 10.5 Å². The third-order valence-electron chi connectivity index (χ3n) is 1.75. The van der Waals surface area contributed by atoms with E-state index >= 15 is 0 Å². The zero-order valence-electron chi connectivity index (χ0n) is 7.85. The smallest absolute Gasteiger partial charge is 0.275 e. The van der Waals surface area contributed by atoms with E-state index in [1.54, 1.807) is 0 Å². The van der Waals surface area contributed by atoms with Gasteiger partial charge in [-0.25, -0.2) is 13.8 Å². The monoisotopic (exact) mass is 261 g/mol. The van der Waals surface area contributed by atoms with Gasteiger partial charge in [-0.3, -0.25) is 14.9 Å². The minimum absolute atomic E-state index is 0.516. The summed E-state index contributed by atoms with van der Waals surface area (Å²) in [5.41, 5.74) is -3.48. The highest BCUT2D eigenvalue weighted by Crippen LogP contribution is 2.29. The SMILES string of the molecule is N#Cc1nc(C(F)F)c([N+](=O)[O-])cc1C(=O)Cl. The number of carbonyl (C=O) groups excluding carboxylic acids is 1. The van der Waals surface area contributed by atoms with Gasteiger partial charge in [0.15, 0.2) is 11.4 Å². The Morgan fingerprint density at radius 2 is 2.24 bits per heavy atom. The van der Waals surface area contributed by atoms with Crippen LogP contribution in [0.4, 0.5) is 14.5 Å². The fraction of sp³-hybridized carbons (Fsp3) is 0.125. The van der Waals surface area contributed by atoms with Crippen molar-refractivity contribution in [1.29, 1.82) is 5.26 Å². The van der Waals surface area contributed by atoms with Crippen molar-refractivity contribution in [2.45, 2.75) is 6.43 Å². The highest BCUT2D eigenvalue weighted by Gasteiger charge is 2.27. The number of halogens is 3. The second-order valence-corrected chi connectivity index (χ2v) is 3.08. The number of alkyl halides is 2. The van der Waals surface area contributed by atoms with Crippen molar-refractivity contribution in [3.8, 4) is 6.07 Å². The van der Waals surface area contributed by atoms with Gasteiger partial charge in [0, 0.05) is 6.07 Å². The minimum Gasteiger partial charge on any atom is -0.275 e. The van der Waals surface area contributed by atoms with E-state index in [4.69, 9.17) is 16.9 Å². The number of nitrogens with zero attached hydrogens (tertiary/aromatic N) is 3. The van der Waals surface area contributed by atoms with Gasteiger partial charge in [-0.1, -0.05) is 0 Å². The van der Waals surface area contributed by atoms with Crippen molar-refractivity contribution >= 4 is 22.5 Å². The van der Waals surface area contributed by atoms with Crippen LogP contribution < -0.4 is 0 Å². The first-order chi connectivity index (χ1) is 7.88. The average molecular weight is 262 g/mol. The van der Waals surface area contributed by atoms with Crippen LogP contribution in [0.2, 0.25) is 0 Å². The Labute approximate surface area is 97.6 Å². The van der Waals surface area contributed by atoms with Crippen LogP contribution in [0.3, 0.4) is 0 Å². The molecule has 6 nitrogen and oxygen atoms in total. The van der Waals surface area contributed by atoms with Gasteiger partial charge in [0.25, 0.3) is 17.4 Å². The molecule has 1 aromatic rings. The maximum Gasteiger partial charge on any atom is 0.297 e. The lowest BCUT2D eigenvalue weighted by molar-refractivity contribution is -0.386. The molecule has 0 fully saturated rings. The molecule has 88 valence electrons. The summed E-state index contributed by atoms with van der Waals surface area (Å²) in [7, 11) is 0. The number of rotatable bonds is 3. The highest BCUT2D eigenvalue weighted by atomic mass is 35.5. The Balaban J connectivity index is 3.61. The molecule has 0 aliphatic carbocycles. The molecule has 0 radical (unpaired) electrons. The van der Waals surface area contributed by atoms with E-state index < -0.39 is 39.2 Å². The van der Waals surface area contributed by atoms with Crippen molar-refractivity contribution < 1.29 is 18.5 Å². The van der Waals surface area contributed by atoms with Gasteiger partial charge < -0.3 is 0 Å². The maximum atomic E-state index is 12.4. The molecular formula is C8H2ClF2N3O3. The van der Waals surface area contributed by atoms with Crippen molar-refractivity contribution in [3.05, 3.63) is 33.1 Å². The van der Waals surface area contributed by atoms with Gasteiger partial charge in [-0.2, -0.15) is 5.26 Å². The molecule has 0 aliphatic rings. The van der Waals surface area contributed by atoms with Crippen LogP contribution in [-0.4, -0.2) is 15.1 Å². The van der Waals surface area contributed by atoms with E-state index in [0.717, 1.165) is 0 Å². The summed E-state index contributed by atoms with van der Waals surface area (Å²) < 4.78 is 24.9. The first-order valence-electron chi connectivity index (χ1n) is 3.96. The molecule has 0 aliphatic heterocycles. The molecule has 0 bridgehead atoms. The fourth-order valence-corrected chi connectivity index (χ4v) is 1.20. The molecule has 0 atom stereocenters. The summed E-state index contributed by atoms with van der Waals surface area (Å²) in [5, 5.41) is 17.9. The summed E-state index contributed by atoms with van der Waals surface area (Å²) in [4.78, 5) is 23.3. The van der Waals surface area contributed by atoms with Crippen LogP contribution >= 0.6 is 11.6 Å². The van der Waals surface area contributed by atoms with E-state index in [9.17, 15) is 23.7 Å². The Hall–Kier alpha value is -2.14.